The number of halogens is 1. The molecule has 0 aliphatic heterocycles. The van der Waals surface area contributed by atoms with Crippen LogP contribution in [0.1, 0.15) is 11.1 Å². The van der Waals surface area contributed by atoms with Crippen molar-refractivity contribution in [2.24, 2.45) is 5.90 Å². The van der Waals surface area contributed by atoms with Crippen LogP contribution < -0.4 is 5.90 Å². The van der Waals surface area contributed by atoms with Gasteiger partial charge in [-0.2, -0.15) is 0 Å². The summed E-state index contributed by atoms with van der Waals surface area (Å²) < 4.78 is 1.08. The molecule has 2 nitrogen and oxygen atoms in total. The molecule has 0 radical (unpaired) electrons. The normalized spacial score (nSPS) is 10.1. The fraction of sp³-hybridized carbons (Fsp3) is 0.250. The third-order valence-corrected chi connectivity index (χ3v) is 2.04. The maximum absolute atomic E-state index is 4.96. The number of nitrogens with two attached hydrogens (primary N) is 1. The highest BCUT2D eigenvalue weighted by Crippen LogP contribution is 2.15. The summed E-state index contributed by atoms with van der Waals surface area (Å²) in [5, 5.41) is 0. The number of aryl methyl sites for hydroxylation is 1. The number of hydrogen-bond acceptors (Lipinski definition) is 2. The van der Waals surface area contributed by atoms with E-state index in [1.807, 2.05) is 25.1 Å². The maximum Gasteiger partial charge on any atom is 0.0932 e. The van der Waals surface area contributed by atoms with E-state index in [0.29, 0.717) is 6.61 Å². The second-order valence-electron chi connectivity index (χ2n) is 2.38. The first-order valence-electron chi connectivity index (χ1n) is 3.30. The minimum atomic E-state index is 0.471. The molecule has 11 heavy (non-hydrogen) atoms. The van der Waals surface area contributed by atoms with Crippen LogP contribution >= 0.6 is 15.9 Å². The fourth-order valence-corrected chi connectivity index (χ4v) is 1.39. The minimum Gasteiger partial charge on any atom is -0.300 e. The Labute approximate surface area is 74.4 Å². The van der Waals surface area contributed by atoms with Crippen LogP contribution in [0, 0.1) is 6.92 Å². The van der Waals surface area contributed by atoms with Crippen molar-refractivity contribution in [1.82, 2.24) is 0 Å². The second-order valence-corrected chi connectivity index (χ2v) is 3.30. The molecular formula is C8H10BrNO. The molecule has 1 aromatic carbocycles. The lowest BCUT2D eigenvalue weighted by molar-refractivity contribution is 0.123. The molecule has 1 rings (SSSR count). The first kappa shape index (κ1) is 8.71. The van der Waals surface area contributed by atoms with E-state index in [1.54, 1.807) is 0 Å². The Kier molecular flexibility index (Phi) is 3.05. The van der Waals surface area contributed by atoms with E-state index in [9.17, 15) is 0 Å². The molecule has 0 unspecified atom stereocenters. The van der Waals surface area contributed by atoms with Gasteiger partial charge in [0.25, 0.3) is 0 Å². The van der Waals surface area contributed by atoms with E-state index in [4.69, 9.17) is 5.90 Å². The van der Waals surface area contributed by atoms with Gasteiger partial charge in [-0.15, -0.1) is 0 Å². The molecular weight excluding hydrogens is 206 g/mol. The lowest BCUT2D eigenvalue weighted by Gasteiger charge is -2.03. The molecule has 0 fully saturated rings. The molecule has 60 valence electrons. The average molecular weight is 216 g/mol. The van der Waals surface area contributed by atoms with E-state index < -0.39 is 0 Å². The predicted molar refractivity (Wildman–Crippen MR) is 47.9 cm³/mol. The summed E-state index contributed by atoms with van der Waals surface area (Å²) in [6.45, 7) is 2.50. The van der Waals surface area contributed by atoms with Gasteiger partial charge in [-0.05, 0) is 30.2 Å². The lowest BCUT2D eigenvalue weighted by atomic mass is 10.1. The molecule has 0 aromatic heterocycles. The molecule has 1 aromatic rings. The van der Waals surface area contributed by atoms with Crippen LogP contribution in [-0.2, 0) is 11.4 Å². The van der Waals surface area contributed by atoms with Gasteiger partial charge in [0, 0.05) is 4.47 Å². The quantitative estimate of drug-likeness (QED) is 0.768. The van der Waals surface area contributed by atoms with Gasteiger partial charge in [0.15, 0.2) is 0 Å². The lowest BCUT2D eigenvalue weighted by Crippen LogP contribution is -2.00. The van der Waals surface area contributed by atoms with E-state index in [-0.39, 0.29) is 0 Å². The van der Waals surface area contributed by atoms with E-state index in [0.717, 1.165) is 10.0 Å². The molecule has 0 aliphatic rings. The van der Waals surface area contributed by atoms with Crippen molar-refractivity contribution >= 4 is 15.9 Å². The van der Waals surface area contributed by atoms with Crippen LogP contribution in [0.4, 0.5) is 0 Å². The van der Waals surface area contributed by atoms with Gasteiger partial charge in [-0.25, -0.2) is 5.90 Å². The number of rotatable bonds is 2. The van der Waals surface area contributed by atoms with Gasteiger partial charge in [0.2, 0.25) is 0 Å². The Morgan fingerprint density at radius 2 is 2.27 bits per heavy atom. The minimum absolute atomic E-state index is 0.471. The smallest absolute Gasteiger partial charge is 0.0932 e. The van der Waals surface area contributed by atoms with E-state index >= 15 is 0 Å². The summed E-state index contributed by atoms with van der Waals surface area (Å²) in [6, 6.07) is 6.00. The van der Waals surface area contributed by atoms with Crippen molar-refractivity contribution in [3.05, 3.63) is 33.8 Å². The Morgan fingerprint density at radius 1 is 1.55 bits per heavy atom. The Bertz CT molecular complexity index is 250. The molecule has 0 aliphatic carbocycles. The van der Waals surface area contributed by atoms with Crippen LogP contribution in [0.3, 0.4) is 0 Å². The SMILES string of the molecule is Cc1cc(Br)ccc1CON. The summed E-state index contributed by atoms with van der Waals surface area (Å²) >= 11 is 3.38. The van der Waals surface area contributed by atoms with Gasteiger partial charge in [0.05, 0.1) is 6.61 Å². The van der Waals surface area contributed by atoms with E-state index in [1.165, 1.54) is 5.56 Å². The van der Waals surface area contributed by atoms with Crippen molar-refractivity contribution < 1.29 is 4.84 Å². The average Bonchev–Trinajstić information content (AvgIpc) is 1.95. The van der Waals surface area contributed by atoms with Crippen molar-refractivity contribution in [1.29, 1.82) is 0 Å². The zero-order valence-corrected chi connectivity index (χ0v) is 7.89. The number of hydrogen-bond donors (Lipinski definition) is 1. The molecule has 0 saturated carbocycles. The number of benzene rings is 1. The molecule has 0 bridgehead atoms. The fourth-order valence-electron chi connectivity index (χ4n) is 0.911. The van der Waals surface area contributed by atoms with Crippen LogP contribution in [0.15, 0.2) is 22.7 Å². The molecule has 0 atom stereocenters. The van der Waals surface area contributed by atoms with Crippen molar-refractivity contribution in [2.45, 2.75) is 13.5 Å². The monoisotopic (exact) mass is 215 g/mol. The molecule has 0 heterocycles. The highest BCUT2D eigenvalue weighted by atomic mass is 79.9. The maximum atomic E-state index is 4.96. The molecule has 0 saturated heterocycles. The van der Waals surface area contributed by atoms with Gasteiger partial charge >= 0.3 is 0 Å². The van der Waals surface area contributed by atoms with Gasteiger partial charge < -0.3 is 0 Å². The van der Waals surface area contributed by atoms with Crippen molar-refractivity contribution in [2.75, 3.05) is 0 Å². The summed E-state index contributed by atoms with van der Waals surface area (Å²) in [5.74, 6) is 4.96. The highest BCUT2D eigenvalue weighted by Gasteiger charge is 1.97. The summed E-state index contributed by atoms with van der Waals surface area (Å²) in [4.78, 5) is 4.53. The van der Waals surface area contributed by atoms with Gasteiger partial charge in [-0.1, -0.05) is 22.0 Å². The predicted octanol–water partition coefficient (Wildman–Crippen LogP) is 2.15. The van der Waals surface area contributed by atoms with Gasteiger partial charge in [0.1, 0.15) is 0 Å². The summed E-state index contributed by atoms with van der Waals surface area (Å²) in [6.07, 6.45) is 0. The van der Waals surface area contributed by atoms with Crippen LogP contribution in [0.25, 0.3) is 0 Å². The molecule has 0 amide bonds. The van der Waals surface area contributed by atoms with Crippen LogP contribution in [-0.4, -0.2) is 0 Å². The Balaban J connectivity index is 2.90. The van der Waals surface area contributed by atoms with Crippen molar-refractivity contribution in [3.8, 4) is 0 Å². The standard InChI is InChI=1S/C8H10BrNO/c1-6-4-8(9)3-2-7(6)5-11-10/h2-4H,5,10H2,1H3. The topological polar surface area (TPSA) is 35.2 Å². The second kappa shape index (κ2) is 3.85. The van der Waals surface area contributed by atoms with E-state index in [2.05, 4.69) is 20.8 Å². The summed E-state index contributed by atoms with van der Waals surface area (Å²) in [5.41, 5.74) is 2.31. The summed E-state index contributed by atoms with van der Waals surface area (Å²) in [7, 11) is 0. The van der Waals surface area contributed by atoms with Gasteiger partial charge in [-0.3, -0.25) is 4.84 Å². The largest absolute Gasteiger partial charge is 0.300 e. The first-order chi connectivity index (χ1) is 5.24. The third-order valence-electron chi connectivity index (χ3n) is 1.54. The Hall–Kier alpha value is -0.380. The van der Waals surface area contributed by atoms with Crippen molar-refractivity contribution in [3.63, 3.8) is 0 Å². The first-order valence-corrected chi connectivity index (χ1v) is 4.10. The zero-order chi connectivity index (χ0) is 8.27. The Morgan fingerprint density at radius 3 is 2.82 bits per heavy atom. The molecule has 0 spiro atoms. The molecule has 3 heteroatoms. The zero-order valence-electron chi connectivity index (χ0n) is 6.30. The van der Waals surface area contributed by atoms with Crippen LogP contribution in [0.2, 0.25) is 0 Å². The third kappa shape index (κ3) is 2.29. The van der Waals surface area contributed by atoms with Crippen LogP contribution in [0.5, 0.6) is 0 Å². The highest BCUT2D eigenvalue weighted by molar-refractivity contribution is 9.10. The molecule has 2 N–H and O–H groups in total.